The van der Waals surface area contributed by atoms with Crippen LogP contribution in [0.5, 0.6) is 0 Å². The Labute approximate surface area is 72.2 Å². The summed E-state index contributed by atoms with van der Waals surface area (Å²) in [7, 11) is 0. The molecule has 64 valence electrons. The highest BCUT2D eigenvalue weighted by Crippen LogP contribution is 2.15. The summed E-state index contributed by atoms with van der Waals surface area (Å²) < 4.78 is 0. The summed E-state index contributed by atoms with van der Waals surface area (Å²) in [6.07, 6.45) is 1.09. The molecule has 0 unspecified atom stereocenters. The Morgan fingerprint density at radius 2 is 2.25 bits per heavy atom. The van der Waals surface area contributed by atoms with Crippen LogP contribution in [0.2, 0.25) is 0 Å². The summed E-state index contributed by atoms with van der Waals surface area (Å²) in [5.74, 6) is 0. The zero-order valence-corrected chi connectivity index (χ0v) is 7.01. The number of aliphatic hydroxyl groups excluding tert-OH is 1. The fourth-order valence-electron chi connectivity index (χ4n) is 1.63. The van der Waals surface area contributed by atoms with E-state index in [1.807, 2.05) is 6.07 Å². The van der Waals surface area contributed by atoms with Crippen LogP contribution in [-0.2, 0) is 19.6 Å². The average molecular weight is 163 g/mol. The van der Waals surface area contributed by atoms with Gasteiger partial charge in [-0.2, -0.15) is 0 Å². The van der Waals surface area contributed by atoms with Gasteiger partial charge in [-0.15, -0.1) is 0 Å². The number of benzene rings is 1. The Morgan fingerprint density at radius 1 is 1.33 bits per heavy atom. The second-order valence-corrected chi connectivity index (χ2v) is 3.19. The second-order valence-electron chi connectivity index (χ2n) is 3.19. The van der Waals surface area contributed by atoms with Gasteiger partial charge in [-0.1, -0.05) is 18.2 Å². The number of rotatable bonds is 1. The van der Waals surface area contributed by atoms with Crippen molar-refractivity contribution < 1.29 is 5.11 Å². The Morgan fingerprint density at radius 3 is 3.08 bits per heavy atom. The fraction of sp³-hybridized carbons (Fsp3) is 0.400. The van der Waals surface area contributed by atoms with E-state index in [-0.39, 0.29) is 6.61 Å². The van der Waals surface area contributed by atoms with Crippen molar-refractivity contribution in [1.82, 2.24) is 5.32 Å². The van der Waals surface area contributed by atoms with Gasteiger partial charge in [0, 0.05) is 6.54 Å². The van der Waals surface area contributed by atoms with Gasteiger partial charge in [0.2, 0.25) is 0 Å². The number of nitrogens with one attached hydrogen (secondary N) is 1. The van der Waals surface area contributed by atoms with Crippen molar-refractivity contribution in [3.63, 3.8) is 0 Å². The van der Waals surface area contributed by atoms with Gasteiger partial charge in [0.1, 0.15) is 0 Å². The quantitative estimate of drug-likeness (QED) is 0.642. The highest BCUT2D eigenvalue weighted by atomic mass is 16.3. The molecular weight excluding hydrogens is 150 g/mol. The first-order valence-corrected chi connectivity index (χ1v) is 4.32. The zero-order valence-electron chi connectivity index (χ0n) is 7.01. The molecule has 2 heteroatoms. The molecule has 0 aliphatic carbocycles. The highest BCUT2D eigenvalue weighted by molar-refractivity contribution is 5.33. The van der Waals surface area contributed by atoms with E-state index in [9.17, 15) is 0 Å². The van der Waals surface area contributed by atoms with Crippen molar-refractivity contribution in [2.45, 2.75) is 19.6 Å². The highest BCUT2D eigenvalue weighted by Gasteiger charge is 2.07. The molecule has 1 heterocycles. The molecule has 12 heavy (non-hydrogen) atoms. The van der Waals surface area contributed by atoms with Crippen LogP contribution in [0.25, 0.3) is 0 Å². The standard InChI is InChI=1S/C10H13NO/c12-7-8-1-2-10-6-11-4-3-9(10)5-8/h1-2,5,11-12H,3-4,6-7H2. The maximum Gasteiger partial charge on any atom is 0.0681 e. The third-order valence-corrected chi connectivity index (χ3v) is 2.34. The number of aliphatic hydroxyl groups is 1. The number of hydrogen-bond donors (Lipinski definition) is 2. The first kappa shape index (κ1) is 7.77. The fourth-order valence-corrected chi connectivity index (χ4v) is 1.63. The third kappa shape index (κ3) is 1.36. The predicted octanol–water partition coefficient (Wildman–Crippen LogP) is 0.825. The van der Waals surface area contributed by atoms with E-state index >= 15 is 0 Å². The zero-order chi connectivity index (χ0) is 8.39. The molecule has 1 aliphatic rings. The van der Waals surface area contributed by atoms with Gasteiger partial charge in [0.25, 0.3) is 0 Å². The molecule has 0 atom stereocenters. The van der Waals surface area contributed by atoms with Crippen LogP contribution in [0.15, 0.2) is 18.2 Å². The van der Waals surface area contributed by atoms with E-state index in [1.165, 1.54) is 11.1 Å². The first-order chi connectivity index (χ1) is 5.90. The summed E-state index contributed by atoms with van der Waals surface area (Å²) in [5.41, 5.74) is 3.79. The minimum Gasteiger partial charge on any atom is -0.392 e. The Kier molecular flexibility index (Phi) is 2.11. The molecule has 0 spiro atoms. The lowest BCUT2D eigenvalue weighted by Gasteiger charge is -2.17. The summed E-state index contributed by atoms with van der Waals surface area (Å²) in [4.78, 5) is 0. The molecular formula is C10H13NO. The molecule has 0 bridgehead atoms. The van der Waals surface area contributed by atoms with Crippen molar-refractivity contribution in [1.29, 1.82) is 0 Å². The maximum atomic E-state index is 8.92. The molecule has 0 saturated carbocycles. The Bertz CT molecular complexity index is 283. The summed E-state index contributed by atoms with van der Waals surface area (Å²) >= 11 is 0. The van der Waals surface area contributed by atoms with Crippen LogP contribution >= 0.6 is 0 Å². The van der Waals surface area contributed by atoms with Crippen molar-refractivity contribution in [3.05, 3.63) is 34.9 Å². The maximum absolute atomic E-state index is 8.92. The second kappa shape index (κ2) is 3.25. The van der Waals surface area contributed by atoms with E-state index in [2.05, 4.69) is 17.4 Å². The minimum atomic E-state index is 0.153. The molecule has 0 aromatic heterocycles. The topological polar surface area (TPSA) is 32.3 Å². The van der Waals surface area contributed by atoms with Gasteiger partial charge in [0.15, 0.2) is 0 Å². The van der Waals surface area contributed by atoms with Crippen LogP contribution in [0.3, 0.4) is 0 Å². The van der Waals surface area contributed by atoms with Gasteiger partial charge >= 0.3 is 0 Å². The lowest BCUT2D eigenvalue weighted by Crippen LogP contribution is -2.23. The van der Waals surface area contributed by atoms with Gasteiger partial charge in [-0.25, -0.2) is 0 Å². The Balaban J connectivity index is 2.36. The molecule has 0 saturated heterocycles. The van der Waals surface area contributed by atoms with E-state index < -0.39 is 0 Å². The molecule has 2 rings (SSSR count). The molecule has 0 amide bonds. The van der Waals surface area contributed by atoms with Crippen molar-refractivity contribution >= 4 is 0 Å². The van der Waals surface area contributed by atoms with Crippen LogP contribution in [0.1, 0.15) is 16.7 Å². The largest absolute Gasteiger partial charge is 0.392 e. The normalized spacial score (nSPS) is 15.8. The third-order valence-electron chi connectivity index (χ3n) is 2.34. The van der Waals surface area contributed by atoms with Crippen LogP contribution in [0.4, 0.5) is 0 Å². The van der Waals surface area contributed by atoms with Gasteiger partial charge in [-0.3, -0.25) is 0 Å². The van der Waals surface area contributed by atoms with Crippen LogP contribution < -0.4 is 5.32 Å². The van der Waals surface area contributed by atoms with Crippen molar-refractivity contribution in [2.75, 3.05) is 6.54 Å². The predicted molar refractivity (Wildman–Crippen MR) is 47.8 cm³/mol. The molecule has 0 radical (unpaired) electrons. The van der Waals surface area contributed by atoms with Gasteiger partial charge in [0.05, 0.1) is 6.61 Å². The molecule has 2 N–H and O–H groups in total. The SMILES string of the molecule is OCc1ccc2c(c1)CCNC2. The molecule has 0 fully saturated rings. The molecule has 1 aromatic carbocycles. The summed E-state index contributed by atoms with van der Waals surface area (Å²) in [5, 5.41) is 12.2. The van der Waals surface area contributed by atoms with E-state index in [0.717, 1.165) is 25.1 Å². The number of fused-ring (bicyclic) bond motifs is 1. The smallest absolute Gasteiger partial charge is 0.0681 e. The molecule has 1 aliphatic heterocycles. The monoisotopic (exact) mass is 163 g/mol. The number of hydrogen-bond acceptors (Lipinski definition) is 2. The summed E-state index contributed by atoms with van der Waals surface area (Å²) in [6.45, 7) is 2.18. The van der Waals surface area contributed by atoms with Crippen LogP contribution in [-0.4, -0.2) is 11.7 Å². The molecule has 2 nitrogen and oxygen atoms in total. The molecule has 1 aromatic rings. The lowest BCUT2D eigenvalue weighted by atomic mass is 9.99. The van der Waals surface area contributed by atoms with Crippen LogP contribution in [0, 0.1) is 0 Å². The minimum absolute atomic E-state index is 0.153. The van der Waals surface area contributed by atoms with E-state index in [0.29, 0.717) is 0 Å². The van der Waals surface area contributed by atoms with E-state index in [1.54, 1.807) is 0 Å². The average Bonchev–Trinajstić information content (AvgIpc) is 2.17. The Hall–Kier alpha value is -0.860. The van der Waals surface area contributed by atoms with Crippen molar-refractivity contribution in [2.24, 2.45) is 0 Å². The van der Waals surface area contributed by atoms with Gasteiger partial charge < -0.3 is 10.4 Å². The van der Waals surface area contributed by atoms with E-state index in [4.69, 9.17) is 5.11 Å². The first-order valence-electron chi connectivity index (χ1n) is 4.32. The lowest BCUT2D eigenvalue weighted by molar-refractivity contribution is 0.281. The summed E-state index contributed by atoms with van der Waals surface area (Å²) in [6, 6.07) is 6.20. The van der Waals surface area contributed by atoms with Crippen molar-refractivity contribution in [3.8, 4) is 0 Å². The van der Waals surface area contributed by atoms with Gasteiger partial charge in [-0.05, 0) is 29.7 Å².